The highest BCUT2D eigenvalue weighted by molar-refractivity contribution is 5.52. The van der Waals surface area contributed by atoms with Crippen LogP contribution in [0.1, 0.15) is 0 Å². The van der Waals surface area contributed by atoms with Crippen LogP contribution in [0.3, 0.4) is 0 Å². The van der Waals surface area contributed by atoms with Crippen LogP contribution in [0.4, 0.5) is 10.1 Å². The summed E-state index contributed by atoms with van der Waals surface area (Å²) in [5.74, 6) is 0.292. The molecule has 0 spiro atoms. The molecule has 0 amide bonds. The second-order valence-corrected chi connectivity index (χ2v) is 2.00. The highest BCUT2D eigenvalue weighted by Crippen LogP contribution is 2.21. The Hall–Kier alpha value is -1.51. The van der Waals surface area contributed by atoms with Gasteiger partial charge in [-0.3, -0.25) is 0 Å². The summed E-state index contributed by atoms with van der Waals surface area (Å²) in [7, 11) is 0. The molecule has 0 aliphatic rings. The molecule has 0 saturated heterocycles. The smallest absolute Gasteiger partial charge is 0.270 e. The van der Waals surface area contributed by atoms with Gasteiger partial charge in [-0.2, -0.15) is 4.39 Å². The molecule has 11 heavy (non-hydrogen) atoms. The molecule has 3 heteroatoms. The molecule has 0 aliphatic carbocycles. The molecule has 0 aliphatic heterocycles. The van der Waals surface area contributed by atoms with E-state index >= 15 is 0 Å². The lowest BCUT2D eigenvalue weighted by Gasteiger charge is -2.03. The van der Waals surface area contributed by atoms with Crippen LogP contribution in [-0.4, -0.2) is 0 Å². The highest BCUT2D eigenvalue weighted by Gasteiger charge is 1.98. The van der Waals surface area contributed by atoms with Gasteiger partial charge in [0.1, 0.15) is 0 Å². The lowest BCUT2D eigenvalue weighted by atomic mass is 10.3. The minimum absolute atomic E-state index is 0.292. The fourth-order valence-corrected chi connectivity index (χ4v) is 0.693. The van der Waals surface area contributed by atoms with E-state index in [4.69, 9.17) is 5.73 Å². The van der Waals surface area contributed by atoms with Crippen molar-refractivity contribution in [3.05, 3.63) is 36.9 Å². The first kappa shape index (κ1) is 7.60. The van der Waals surface area contributed by atoms with Gasteiger partial charge in [-0.1, -0.05) is 12.1 Å². The van der Waals surface area contributed by atoms with Gasteiger partial charge in [0.15, 0.2) is 5.75 Å². The van der Waals surface area contributed by atoms with E-state index in [1.54, 1.807) is 24.3 Å². The Morgan fingerprint density at radius 2 is 2.09 bits per heavy atom. The zero-order valence-electron chi connectivity index (χ0n) is 5.88. The molecule has 0 unspecified atom stereocenters. The summed E-state index contributed by atoms with van der Waals surface area (Å²) >= 11 is 0. The maximum absolute atomic E-state index is 12.1. The van der Waals surface area contributed by atoms with Gasteiger partial charge in [0.25, 0.3) is 6.01 Å². The summed E-state index contributed by atoms with van der Waals surface area (Å²) in [6.45, 7) is 2.95. The summed E-state index contributed by atoms with van der Waals surface area (Å²) in [4.78, 5) is 0. The minimum Gasteiger partial charge on any atom is -0.430 e. The van der Waals surface area contributed by atoms with Crippen molar-refractivity contribution in [1.82, 2.24) is 0 Å². The van der Waals surface area contributed by atoms with Crippen molar-refractivity contribution >= 4 is 5.69 Å². The zero-order valence-corrected chi connectivity index (χ0v) is 5.88. The Morgan fingerprint density at radius 1 is 1.45 bits per heavy atom. The Labute approximate surface area is 64.1 Å². The first-order valence-electron chi connectivity index (χ1n) is 3.07. The number of anilines is 1. The van der Waals surface area contributed by atoms with Crippen molar-refractivity contribution in [3.8, 4) is 5.75 Å². The van der Waals surface area contributed by atoms with Crippen LogP contribution in [0.25, 0.3) is 0 Å². The Kier molecular flexibility index (Phi) is 2.11. The molecule has 2 N–H and O–H groups in total. The molecule has 58 valence electrons. The summed E-state index contributed by atoms with van der Waals surface area (Å²) in [5.41, 5.74) is 5.83. The number of para-hydroxylation sites is 2. The van der Waals surface area contributed by atoms with E-state index in [0.717, 1.165) is 0 Å². The van der Waals surface area contributed by atoms with Gasteiger partial charge in [0.2, 0.25) is 0 Å². The Bertz CT molecular complexity index is 273. The predicted octanol–water partition coefficient (Wildman–Crippen LogP) is 2.09. The van der Waals surface area contributed by atoms with E-state index in [1.165, 1.54) is 0 Å². The molecule has 0 heterocycles. The standard InChI is InChI=1S/C8H8FNO/c1-6(9)11-8-5-3-2-4-7(8)10/h2-5H,1,10H2. The van der Waals surface area contributed by atoms with E-state index in [1.807, 2.05) is 0 Å². The number of hydrogen-bond acceptors (Lipinski definition) is 2. The highest BCUT2D eigenvalue weighted by atomic mass is 19.1. The van der Waals surface area contributed by atoms with E-state index in [2.05, 4.69) is 11.3 Å². The van der Waals surface area contributed by atoms with Crippen LogP contribution in [0.5, 0.6) is 5.75 Å². The number of ether oxygens (including phenoxy) is 1. The molecule has 0 aromatic heterocycles. The SMILES string of the molecule is C=C(F)Oc1ccccc1N. The third kappa shape index (κ3) is 1.97. The van der Waals surface area contributed by atoms with E-state index in [9.17, 15) is 4.39 Å². The predicted molar refractivity (Wildman–Crippen MR) is 41.7 cm³/mol. The number of halogens is 1. The summed E-state index contributed by atoms with van der Waals surface area (Å²) < 4.78 is 16.7. The summed E-state index contributed by atoms with van der Waals surface area (Å²) in [6, 6.07) is 5.78. The van der Waals surface area contributed by atoms with Crippen LogP contribution in [0.15, 0.2) is 36.9 Å². The molecule has 2 nitrogen and oxygen atoms in total. The maximum atomic E-state index is 12.1. The van der Waals surface area contributed by atoms with Crippen molar-refractivity contribution in [2.45, 2.75) is 0 Å². The molecule has 0 fully saturated rings. The molecular weight excluding hydrogens is 145 g/mol. The quantitative estimate of drug-likeness (QED) is 0.521. The van der Waals surface area contributed by atoms with Crippen molar-refractivity contribution in [1.29, 1.82) is 0 Å². The Balaban J connectivity index is 2.86. The first-order chi connectivity index (χ1) is 5.20. The average molecular weight is 153 g/mol. The van der Waals surface area contributed by atoms with Crippen molar-refractivity contribution in [2.75, 3.05) is 5.73 Å². The Morgan fingerprint density at radius 3 is 2.64 bits per heavy atom. The van der Waals surface area contributed by atoms with E-state index in [0.29, 0.717) is 11.4 Å². The van der Waals surface area contributed by atoms with Crippen molar-refractivity contribution in [3.63, 3.8) is 0 Å². The molecule has 1 aromatic rings. The third-order valence-corrected chi connectivity index (χ3v) is 1.14. The first-order valence-corrected chi connectivity index (χ1v) is 3.07. The molecule has 1 rings (SSSR count). The number of hydrogen-bond donors (Lipinski definition) is 1. The van der Waals surface area contributed by atoms with Gasteiger partial charge in [-0.15, -0.1) is 0 Å². The number of nitrogen functional groups attached to an aromatic ring is 1. The molecule has 0 bridgehead atoms. The van der Waals surface area contributed by atoms with Gasteiger partial charge < -0.3 is 10.5 Å². The van der Waals surface area contributed by atoms with Crippen LogP contribution >= 0.6 is 0 Å². The normalized spacial score (nSPS) is 9.18. The largest absolute Gasteiger partial charge is 0.430 e. The lowest BCUT2D eigenvalue weighted by molar-refractivity contribution is 0.306. The van der Waals surface area contributed by atoms with Gasteiger partial charge in [-0.25, -0.2) is 0 Å². The average Bonchev–Trinajstić information content (AvgIpc) is 1.93. The summed E-state index contributed by atoms with van der Waals surface area (Å²) in [5, 5.41) is 0. The second-order valence-electron chi connectivity index (χ2n) is 2.00. The van der Waals surface area contributed by atoms with Gasteiger partial charge in [0, 0.05) is 0 Å². The van der Waals surface area contributed by atoms with E-state index in [-0.39, 0.29) is 0 Å². The zero-order chi connectivity index (χ0) is 8.27. The van der Waals surface area contributed by atoms with E-state index < -0.39 is 6.01 Å². The fourth-order valence-electron chi connectivity index (χ4n) is 0.693. The topological polar surface area (TPSA) is 35.2 Å². The van der Waals surface area contributed by atoms with Gasteiger partial charge >= 0.3 is 0 Å². The monoisotopic (exact) mass is 153 g/mol. The van der Waals surface area contributed by atoms with Crippen molar-refractivity contribution in [2.24, 2.45) is 0 Å². The van der Waals surface area contributed by atoms with Gasteiger partial charge in [0.05, 0.1) is 5.69 Å². The van der Waals surface area contributed by atoms with Crippen LogP contribution in [0.2, 0.25) is 0 Å². The third-order valence-electron chi connectivity index (χ3n) is 1.14. The van der Waals surface area contributed by atoms with Crippen LogP contribution in [-0.2, 0) is 0 Å². The molecule has 1 aromatic carbocycles. The van der Waals surface area contributed by atoms with Crippen LogP contribution < -0.4 is 10.5 Å². The lowest BCUT2D eigenvalue weighted by Crippen LogP contribution is -1.92. The van der Waals surface area contributed by atoms with Crippen LogP contribution in [0, 0.1) is 0 Å². The van der Waals surface area contributed by atoms with Gasteiger partial charge in [-0.05, 0) is 18.7 Å². The number of rotatable bonds is 2. The number of nitrogens with two attached hydrogens (primary N) is 1. The number of benzene rings is 1. The minimum atomic E-state index is -0.858. The summed E-state index contributed by atoms with van der Waals surface area (Å²) in [6.07, 6.45) is 0. The maximum Gasteiger partial charge on any atom is 0.270 e. The molecule has 0 saturated carbocycles. The molecular formula is C8H8FNO. The molecule has 0 radical (unpaired) electrons. The fraction of sp³-hybridized carbons (Fsp3) is 0. The van der Waals surface area contributed by atoms with Crippen molar-refractivity contribution < 1.29 is 9.13 Å². The second kappa shape index (κ2) is 3.05. The molecule has 0 atom stereocenters.